The molecule has 0 bridgehead atoms. The van der Waals surface area contributed by atoms with Crippen LogP contribution in [0.1, 0.15) is 39.2 Å². The summed E-state index contributed by atoms with van der Waals surface area (Å²) in [5.74, 6) is 1.40. The Morgan fingerprint density at radius 1 is 1.30 bits per heavy atom. The molecule has 126 valence electrons. The summed E-state index contributed by atoms with van der Waals surface area (Å²) in [5, 5.41) is 0. The molecule has 1 aromatic carbocycles. The van der Waals surface area contributed by atoms with Gasteiger partial charge in [-0.25, -0.2) is 4.79 Å². The smallest absolute Gasteiger partial charge is 0.415 e. The van der Waals surface area contributed by atoms with Crippen LogP contribution in [0.15, 0.2) is 24.3 Å². The van der Waals surface area contributed by atoms with E-state index in [1.165, 1.54) is 0 Å². The van der Waals surface area contributed by atoms with Crippen LogP contribution in [-0.2, 0) is 4.74 Å². The topological polar surface area (TPSA) is 38.8 Å². The first kappa shape index (κ1) is 17.7. The van der Waals surface area contributed by atoms with Gasteiger partial charge in [0, 0.05) is 18.5 Å². The lowest BCUT2D eigenvalue weighted by Crippen LogP contribution is -2.38. The van der Waals surface area contributed by atoms with Gasteiger partial charge in [0.2, 0.25) is 0 Å². The molecule has 0 saturated carbocycles. The second-order valence-corrected chi connectivity index (χ2v) is 6.84. The van der Waals surface area contributed by atoms with Gasteiger partial charge in [0.15, 0.2) is 0 Å². The van der Waals surface area contributed by atoms with Crippen LogP contribution >= 0.6 is 11.6 Å². The number of rotatable bonds is 5. The first-order valence-electron chi connectivity index (χ1n) is 7.90. The van der Waals surface area contributed by atoms with Crippen LogP contribution in [0.25, 0.3) is 6.08 Å². The molecule has 0 saturated heterocycles. The molecular weight excluding hydrogens is 314 g/mol. The Bertz CT molecular complexity index is 578. The number of alkyl halides is 1. The van der Waals surface area contributed by atoms with E-state index in [0.717, 1.165) is 29.8 Å². The standard InChI is InChI=1S/C18H24ClNO3/c1-18(2,3)23-17(21)20-11-6-7-14-8-9-15(13-16(14)20)22-12-5-4-10-19/h6-9,13H,4-5,10-12H2,1-3H3. The SMILES string of the molecule is CC(C)(C)OC(=O)N1CC=Cc2ccc(OCCCCCl)cc21. The van der Waals surface area contributed by atoms with Crippen molar-refractivity contribution >= 4 is 29.5 Å². The first-order chi connectivity index (χ1) is 10.9. The summed E-state index contributed by atoms with van der Waals surface area (Å²) < 4.78 is 11.2. The highest BCUT2D eigenvalue weighted by molar-refractivity contribution is 6.17. The van der Waals surface area contributed by atoms with E-state index in [1.54, 1.807) is 4.90 Å². The van der Waals surface area contributed by atoms with Crippen molar-refractivity contribution in [3.8, 4) is 5.75 Å². The summed E-state index contributed by atoms with van der Waals surface area (Å²) in [6.07, 6.45) is 5.46. The van der Waals surface area contributed by atoms with Gasteiger partial charge in [0.25, 0.3) is 0 Å². The predicted molar refractivity (Wildman–Crippen MR) is 94.5 cm³/mol. The van der Waals surface area contributed by atoms with Crippen molar-refractivity contribution in [1.29, 1.82) is 0 Å². The number of ether oxygens (including phenoxy) is 2. The van der Waals surface area contributed by atoms with Gasteiger partial charge in [-0.3, -0.25) is 4.90 Å². The largest absolute Gasteiger partial charge is 0.494 e. The number of nitrogens with zero attached hydrogens (tertiary/aromatic N) is 1. The maximum absolute atomic E-state index is 12.4. The Morgan fingerprint density at radius 2 is 2.09 bits per heavy atom. The zero-order chi connectivity index (χ0) is 16.9. The summed E-state index contributed by atoms with van der Waals surface area (Å²) in [6, 6.07) is 5.77. The van der Waals surface area contributed by atoms with Crippen molar-refractivity contribution in [2.75, 3.05) is 23.9 Å². The molecule has 1 aliphatic heterocycles. The number of benzene rings is 1. The Morgan fingerprint density at radius 3 is 2.78 bits per heavy atom. The summed E-state index contributed by atoms with van der Waals surface area (Å²) >= 11 is 5.66. The van der Waals surface area contributed by atoms with Gasteiger partial charge in [-0.15, -0.1) is 11.6 Å². The fraction of sp³-hybridized carbons (Fsp3) is 0.500. The van der Waals surface area contributed by atoms with Crippen molar-refractivity contribution in [3.63, 3.8) is 0 Å². The maximum Gasteiger partial charge on any atom is 0.415 e. The van der Waals surface area contributed by atoms with Crippen molar-refractivity contribution in [2.24, 2.45) is 0 Å². The Kier molecular flexibility index (Phi) is 5.94. The number of fused-ring (bicyclic) bond motifs is 1. The molecule has 0 spiro atoms. The number of halogens is 1. The number of unbranched alkanes of at least 4 members (excludes halogenated alkanes) is 1. The van der Waals surface area contributed by atoms with Crippen LogP contribution in [0, 0.1) is 0 Å². The van der Waals surface area contributed by atoms with E-state index in [4.69, 9.17) is 21.1 Å². The van der Waals surface area contributed by atoms with Gasteiger partial charge >= 0.3 is 6.09 Å². The molecule has 0 unspecified atom stereocenters. The molecular formula is C18H24ClNO3. The number of anilines is 1. The zero-order valence-electron chi connectivity index (χ0n) is 14.0. The van der Waals surface area contributed by atoms with E-state index in [0.29, 0.717) is 19.0 Å². The highest BCUT2D eigenvalue weighted by atomic mass is 35.5. The van der Waals surface area contributed by atoms with Crippen molar-refractivity contribution in [2.45, 2.75) is 39.2 Å². The second-order valence-electron chi connectivity index (χ2n) is 6.46. The van der Waals surface area contributed by atoms with E-state index < -0.39 is 5.60 Å². The van der Waals surface area contributed by atoms with Gasteiger partial charge in [-0.05, 0) is 51.3 Å². The summed E-state index contributed by atoms with van der Waals surface area (Å²) in [5.41, 5.74) is 1.28. The van der Waals surface area contributed by atoms with Crippen molar-refractivity contribution < 1.29 is 14.3 Å². The Labute approximate surface area is 143 Å². The van der Waals surface area contributed by atoms with E-state index >= 15 is 0 Å². The lowest BCUT2D eigenvalue weighted by Gasteiger charge is -2.29. The molecule has 4 nitrogen and oxygen atoms in total. The zero-order valence-corrected chi connectivity index (χ0v) is 14.7. The predicted octanol–water partition coefficient (Wildman–Crippen LogP) is 4.85. The van der Waals surface area contributed by atoms with Gasteiger partial charge < -0.3 is 9.47 Å². The van der Waals surface area contributed by atoms with Crippen molar-refractivity contribution in [1.82, 2.24) is 0 Å². The quantitative estimate of drug-likeness (QED) is 0.569. The summed E-state index contributed by atoms with van der Waals surface area (Å²) in [6.45, 7) is 6.71. The van der Waals surface area contributed by atoms with Gasteiger partial charge in [0.1, 0.15) is 11.4 Å². The molecule has 2 rings (SSSR count). The summed E-state index contributed by atoms with van der Waals surface area (Å²) in [7, 11) is 0. The van der Waals surface area contributed by atoms with Crippen molar-refractivity contribution in [3.05, 3.63) is 29.8 Å². The molecule has 0 N–H and O–H groups in total. The highest BCUT2D eigenvalue weighted by Gasteiger charge is 2.25. The average molecular weight is 338 g/mol. The molecule has 1 amide bonds. The molecule has 0 aromatic heterocycles. The molecule has 5 heteroatoms. The number of amides is 1. The van der Waals surface area contributed by atoms with E-state index in [9.17, 15) is 4.79 Å². The lowest BCUT2D eigenvalue weighted by molar-refractivity contribution is 0.0584. The van der Waals surface area contributed by atoms with Crippen LogP contribution in [0.2, 0.25) is 0 Å². The van der Waals surface area contributed by atoms with Crippen LogP contribution < -0.4 is 9.64 Å². The van der Waals surface area contributed by atoms with Crippen LogP contribution in [0.5, 0.6) is 5.75 Å². The molecule has 1 heterocycles. The molecule has 23 heavy (non-hydrogen) atoms. The lowest BCUT2D eigenvalue weighted by atomic mass is 10.1. The number of hydrogen-bond donors (Lipinski definition) is 0. The minimum Gasteiger partial charge on any atom is -0.494 e. The second kappa shape index (κ2) is 7.73. The van der Waals surface area contributed by atoms with Crippen LogP contribution in [0.3, 0.4) is 0 Å². The number of hydrogen-bond acceptors (Lipinski definition) is 3. The molecule has 0 radical (unpaired) electrons. The van der Waals surface area contributed by atoms with Gasteiger partial charge in [-0.1, -0.05) is 12.2 Å². The van der Waals surface area contributed by atoms with Gasteiger partial charge in [0.05, 0.1) is 12.3 Å². The summed E-state index contributed by atoms with van der Waals surface area (Å²) in [4.78, 5) is 14.0. The van der Waals surface area contributed by atoms with E-state index in [1.807, 2.05) is 51.1 Å². The van der Waals surface area contributed by atoms with Crippen LogP contribution in [0.4, 0.5) is 10.5 Å². The fourth-order valence-electron chi connectivity index (χ4n) is 2.25. The molecule has 0 aliphatic carbocycles. The van der Waals surface area contributed by atoms with E-state index in [-0.39, 0.29) is 6.09 Å². The monoisotopic (exact) mass is 337 g/mol. The number of carbonyl (C=O) groups is 1. The molecule has 1 aromatic rings. The normalized spacial score (nSPS) is 13.7. The Hall–Kier alpha value is -1.68. The third-order valence-corrected chi connectivity index (χ3v) is 3.56. The fourth-order valence-corrected chi connectivity index (χ4v) is 2.44. The maximum atomic E-state index is 12.4. The number of carbonyl (C=O) groups excluding carboxylic acids is 1. The minimum atomic E-state index is -0.520. The van der Waals surface area contributed by atoms with Crippen LogP contribution in [-0.4, -0.2) is 30.7 Å². The Balaban J connectivity index is 2.12. The molecule has 0 atom stereocenters. The first-order valence-corrected chi connectivity index (χ1v) is 8.44. The van der Waals surface area contributed by atoms with E-state index in [2.05, 4.69) is 0 Å². The van der Waals surface area contributed by atoms with Gasteiger partial charge in [-0.2, -0.15) is 0 Å². The minimum absolute atomic E-state index is 0.345. The third kappa shape index (κ3) is 5.17. The third-order valence-electron chi connectivity index (χ3n) is 3.29. The molecule has 1 aliphatic rings. The molecule has 0 fully saturated rings. The highest BCUT2D eigenvalue weighted by Crippen LogP contribution is 2.31. The average Bonchev–Trinajstić information content (AvgIpc) is 2.49.